The van der Waals surface area contributed by atoms with Gasteiger partial charge < -0.3 is 15.7 Å². The standard InChI is InChI=1S/C15H26N2O3/c1-10-3-2-4-12(7-5-10)16-15(20)17-13-8-6-11(9-13)14(18)19/h10-13H,2-9H2,1H3,(H,18,19)(H2,16,17,20). The van der Waals surface area contributed by atoms with Crippen molar-refractivity contribution in [1.82, 2.24) is 10.6 Å². The molecular weight excluding hydrogens is 256 g/mol. The maximum atomic E-state index is 12.0. The Labute approximate surface area is 120 Å². The van der Waals surface area contributed by atoms with Crippen LogP contribution >= 0.6 is 0 Å². The molecule has 0 aliphatic heterocycles. The van der Waals surface area contributed by atoms with Crippen LogP contribution in [-0.4, -0.2) is 29.2 Å². The highest BCUT2D eigenvalue weighted by Crippen LogP contribution is 2.26. The number of nitrogens with one attached hydrogen (secondary N) is 2. The van der Waals surface area contributed by atoms with E-state index >= 15 is 0 Å². The van der Waals surface area contributed by atoms with E-state index in [1.165, 1.54) is 19.3 Å². The molecule has 0 bridgehead atoms. The van der Waals surface area contributed by atoms with E-state index in [1.807, 2.05) is 0 Å². The average molecular weight is 282 g/mol. The second-order valence-corrected chi connectivity index (χ2v) is 6.47. The molecule has 4 unspecified atom stereocenters. The molecule has 2 saturated carbocycles. The van der Waals surface area contributed by atoms with Gasteiger partial charge in [-0.3, -0.25) is 4.79 Å². The van der Waals surface area contributed by atoms with Crippen LogP contribution < -0.4 is 10.6 Å². The molecule has 5 nitrogen and oxygen atoms in total. The van der Waals surface area contributed by atoms with Crippen LogP contribution in [0.2, 0.25) is 0 Å². The number of hydrogen-bond acceptors (Lipinski definition) is 2. The minimum Gasteiger partial charge on any atom is -0.481 e. The summed E-state index contributed by atoms with van der Waals surface area (Å²) in [7, 11) is 0. The van der Waals surface area contributed by atoms with Gasteiger partial charge >= 0.3 is 12.0 Å². The smallest absolute Gasteiger partial charge is 0.315 e. The van der Waals surface area contributed by atoms with Gasteiger partial charge in [0.25, 0.3) is 0 Å². The van der Waals surface area contributed by atoms with E-state index in [1.54, 1.807) is 0 Å². The average Bonchev–Trinajstić information content (AvgIpc) is 2.75. The SMILES string of the molecule is CC1CCCC(NC(=O)NC2CCC(C(=O)O)C2)CC1. The van der Waals surface area contributed by atoms with Crippen molar-refractivity contribution in [2.24, 2.45) is 11.8 Å². The summed E-state index contributed by atoms with van der Waals surface area (Å²) in [5.41, 5.74) is 0. The third-order valence-electron chi connectivity index (χ3n) is 4.71. The highest BCUT2D eigenvalue weighted by atomic mass is 16.4. The van der Waals surface area contributed by atoms with Crippen molar-refractivity contribution in [2.75, 3.05) is 0 Å². The molecule has 2 rings (SSSR count). The zero-order valence-corrected chi connectivity index (χ0v) is 12.2. The molecule has 0 aromatic heterocycles. The fraction of sp³-hybridized carbons (Fsp3) is 0.867. The summed E-state index contributed by atoms with van der Waals surface area (Å²) in [6, 6.07) is 0.165. The second-order valence-electron chi connectivity index (χ2n) is 6.47. The van der Waals surface area contributed by atoms with Crippen LogP contribution in [0.15, 0.2) is 0 Å². The molecule has 2 amide bonds. The van der Waals surface area contributed by atoms with Crippen molar-refractivity contribution in [3.63, 3.8) is 0 Å². The lowest BCUT2D eigenvalue weighted by molar-refractivity contribution is -0.141. The molecule has 3 N–H and O–H groups in total. The number of rotatable bonds is 3. The topological polar surface area (TPSA) is 78.4 Å². The molecule has 0 saturated heterocycles. The predicted octanol–water partition coefficient (Wildman–Crippen LogP) is 2.51. The van der Waals surface area contributed by atoms with Crippen LogP contribution in [0.25, 0.3) is 0 Å². The lowest BCUT2D eigenvalue weighted by Crippen LogP contribution is -2.45. The van der Waals surface area contributed by atoms with Crippen LogP contribution in [0.4, 0.5) is 4.79 Å². The van der Waals surface area contributed by atoms with Crippen LogP contribution in [0, 0.1) is 11.8 Å². The first-order valence-corrected chi connectivity index (χ1v) is 7.84. The molecule has 20 heavy (non-hydrogen) atoms. The number of carboxylic acids is 1. The first-order valence-electron chi connectivity index (χ1n) is 7.84. The number of carboxylic acid groups (broad SMARTS) is 1. The Morgan fingerprint density at radius 2 is 1.65 bits per heavy atom. The van der Waals surface area contributed by atoms with E-state index in [4.69, 9.17) is 5.11 Å². The minimum atomic E-state index is -0.743. The fourth-order valence-corrected chi connectivity index (χ4v) is 3.38. The minimum absolute atomic E-state index is 0.0146. The summed E-state index contributed by atoms with van der Waals surface area (Å²) in [4.78, 5) is 22.9. The Morgan fingerprint density at radius 3 is 2.35 bits per heavy atom. The summed E-state index contributed by atoms with van der Waals surface area (Å²) >= 11 is 0. The maximum absolute atomic E-state index is 12.0. The molecule has 0 aromatic carbocycles. The largest absolute Gasteiger partial charge is 0.481 e. The van der Waals surface area contributed by atoms with Crippen molar-refractivity contribution in [2.45, 2.75) is 70.4 Å². The Hall–Kier alpha value is -1.26. The van der Waals surface area contributed by atoms with Gasteiger partial charge in [-0.15, -0.1) is 0 Å². The number of urea groups is 1. The second kappa shape index (κ2) is 6.95. The zero-order valence-electron chi connectivity index (χ0n) is 12.2. The zero-order chi connectivity index (χ0) is 14.5. The summed E-state index contributed by atoms with van der Waals surface area (Å²) in [5, 5.41) is 14.9. The predicted molar refractivity (Wildman–Crippen MR) is 76.5 cm³/mol. The molecule has 2 aliphatic rings. The molecular formula is C15H26N2O3. The highest BCUT2D eigenvalue weighted by Gasteiger charge is 2.30. The van der Waals surface area contributed by atoms with Gasteiger partial charge in [0.05, 0.1) is 5.92 Å². The van der Waals surface area contributed by atoms with Gasteiger partial charge in [-0.05, 0) is 44.4 Å². The van der Waals surface area contributed by atoms with E-state index < -0.39 is 5.97 Å². The Kier molecular flexibility index (Phi) is 5.26. The monoisotopic (exact) mass is 282 g/mol. The molecule has 4 atom stereocenters. The molecule has 2 aliphatic carbocycles. The molecule has 5 heteroatoms. The van der Waals surface area contributed by atoms with Crippen LogP contribution in [0.5, 0.6) is 0 Å². The lowest BCUT2D eigenvalue weighted by Gasteiger charge is -2.19. The van der Waals surface area contributed by atoms with E-state index in [2.05, 4.69) is 17.6 Å². The van der Waals surface area contributed by atoms with Crippen molar-refractivity contribution >= 4 is 12.0 Å². The Morgan fingerprint density at radius 1 is 0.950 bits per heavy atom. The summed E-state index contributed by atoms with van der Waals surface area (Å²) in [6.45, 7) is 2.27. The Balaban J connectivity index is 1.71. The molecule has 2 fully saturated rings. The number of amides is 2. The number of hydrogen-bond donors (Lipinski definition) is 3. The van der Waals surface area contributed by atoms with E-state index in [9.17, 15) is 9.59 Å². The van der Waals surface area contributed by atoms with Crippen molar-refractivity contribution in [3.8, 4) is 0 Å². The normalized spacial score (nSPS) is 34.2. The molecule has 0 heterocycles. The number of carbonyl (C=O) groups excluding carboxylic acids is 1. The van der Waals surface area contributed by atoms with E-state index in [-0.39, 0.29) is 24.0 Å². The van der Waals surface area contributed by atoms with E-state index in [0.717, 1.165) is 25.2 Å². The quantitative estimate of drug-likeness (QED) is 0.696. The first-order chi connectivity index (χ1) is 9.54. The third-order valence-corrected chi connectivity index (χ3v) is 4.71. The molecule has 0 spiro atoms. The van der Waals surface area contributed by atoms with Crippen LogP contribution in [0.1, 0.15) is 58.3 Å². The van der Waals surface area contributed by atoms with Gasteiger partial charge in [-0.1, -0.05) is 19.8 Å². The summed E-state index contributed by atoms with van der Waals surface area (Å²) < 4.78 is 0. The number of carbonyl (C=O) groups is 2. The lowest BCUT2D eigenvalue weighted by atomic mass is 10.0. The summed E-state index contributed by atoms with van der Waals surface area (Å²) in [5.74, 6) is -0.275. The molecule has 0 radical (unpaired) electrons. The van der Waals surface area contributed by atoms with Crippen LogP contribution in [0.3, 0.4) is 0 Å². The maximum Gasteiger partial charge on any atom is 0.315 e. The number of aliphatic carboxylic acids is 1. The van der Waals surface area contributed by atoms with Gasteiger partial charge in [0, 0.05) is 12.1 Å². The van der Waals surface area contributed by atoms with Gasteiger partial charge in [-0.25, -0.2) is 4.79 Å². The van der Waals surface area contributed by atoms with Crippen molar-refractivity contribution in [3.05, 3.63) is 0 Å². The van der Waals surface area contributed by atoms with E-state index in [0.29, 0.717) is 12.8 Å². The van der Waals surface area contributed by atoms with Crippen molar-refractivity contribution in [1.29, 1.82) is 0 Å². The van der Waals surface area contributed by atoms with Crippen molar-refractivity contribution < 1.29 is 14.7 Å². The highest BCUT2D eigenvalue weighted by molar-refractivity contribution is 5.75. The van der Waals surface area contributed by atoms with Crippen LogP contribution in [-0.2, 0) is 4.79 Å². The third kappa shape index (κ3) is 4.39. The van der Waals surface area contributed by atoms with Gasteiger partial charge in [0.15, 0.2) is 0 Å². The first kappa shape index (κ1) is 15.1. The summed E-state index contributed by atoms with van der Waals surface area (Å²) in [6.07, 6.45) is 7.71. The fourth-order valence-electron chi connectivity index (χ4n) is 3.38. The molecule has 0 aromatic rings. The van der Waals surface area contributed by atoms with Gasteiger partial charge in [0.2, 0.25) is 0 Å². The van der Waals surface area contributed by atoms with Gasteiger partial charge in [0.1, 0.15) is 0 Å². The Bertz CT molecular complexity index is 359. The molecule has 114 valence electrons. The van der Waals surface area contributed by atoms with Gasteiger partial charge in [-0.2, -0.15) is 0 Å².